The number of alkyl halides is 4. The van der Waals surface area contributed by atoms with Crippen LogP contribution in [-0.4, -0.2) is 63.4 Å². The van der Waals surface area contributed by atoms with Crippen LogP contribution in [0.15, 0.2) is 29.4 Å². The molecule has 1 atom stereocenters. The topological polar surface area (TPSA) is 182 Å². The van der Waals surface area contributed by atoms with Crippen molar-refractivity contribution in [3.8, 4) is 5.75 Å². The molecule has 0 fully saturated rings. The number of ether oxygens (including phenoxy) is 1. The number of nitrogens with zero attached hydrogens (tertiary/aromatic N) is 1. The summed E-state index contributed by atoms with van der Waals surface area (Å²) in [5.74, 6) is -4.57. The number of benzene rings is 1. The number of rotatable bonds is 14. The zero-order chi connectivity index (χ0) is 26.5. The summed E-state index contributed by atoms with van der Waals surface area (Å²) < 4.78 is 68.6. The Morgan fingerprint density at radius 3 is 2.31 bits per heavy atom. The van der Waals surface area contributed by atoms with E-state index < -0.39 is 39.9 Å². The van der Waals surface area contributed by atoms with Gasteiger partial charge in [0, 0.05) is 12.3 Å². The summed E-state index contributed by atoms with van der Waals surface area (Å²) >= 11 is 5.47. The van der Waals surface area contributed by atoms with Gasteiger partial charge in [-0.15, -0.1) is 11.6 Å². The van der Waals surface area contributed by atoms with Crippen LogP contribution in [0.1, 0.15) is 18.4 Å². The average Bonchev–Trinajstić information content (AvgIpc) is 2.77. The Morgan fingerprint density at radius 1 is 1.09 bits per heavy atom. The zero-order valence-corrected chi connectivity index (χ0v) is 19.7. The number of halogens is 4. The molecule has 0 aliphatic heterocycles. The second kappa shape index (κ2) is 14.4. The fraction of sp³-hybridized carbons (Fsp3) is 0.500. The number of oxime groups is 1. The summed E-state index contributed by atoms with van der Waals surface area (Å²) in [6.45, 7) is 0.446. The number of sulfonamides is 1. The fourth-order valence-corrected chi connectivity index (χ4v) is 3.82. The SMILES string of the molecule is NC(N)=NOCCCOc1ccc(C[C@H](NS(=O)(=O)CCCCl)C(=O)OOC(=O)C(F)(F)F)cc1. The van der Waals surface area contributed by atoms with Crippen LogP contribution in [0, 0.1) is 0 Å². The van der Waals surface area contributed by atoms with Crippen LogP contribution in [0.5, 0.6) is 5.75 Å². The van der Waals surface area contributed by atoms with Crippen molar-refractivity contribution < 1.29 is 50.5 Å². The van der Waals surface area contributed by atoms with Crippen LogP contribution in [0.25, 0.3) is 0 Å². The maximum absolute atomic E-state index is 12.3. The van der Waals surface area contributed by atoms with Crippen molar-refractivity contribution in [1.29, 1.82) is 0 Å². The molecule has 0 aliphatic rings. The second-order valence-electron chi connectivity index (χ2n) is 6.70. The predicted octanol–water partition coefficient (Wildman–Crippen LogP) is 0.684. The van der Waals surface area contributed by atoms with E-state index in [-0.39, 0.29) is 37.9 Å². The van der Waals surface area contributed by atoms with Crippen LogP contribution in [0.4, 0.5) is 13.2 Å². The molecule has 0 aliphatic carbocycles. The summed E-state index contributed by atoms with van der Waals surface area (Å²) in [5, 5.41) is 3.34. The van der Waals surface area contributed by atoms with Crippen molar-refractivity contribution in [3.63, 3.8) is 0 Å². The molecule has 12 nitrogen and oxygen atoms in total. The molecule has 198 valence electrons. The van der Waals surface area contributed by atoms with Gasteiger partial charge in [0.15, 0.2) is 0 Å². The maximum atomic E-state index is 12.3. The van der Waals surface area contributed by atoms with E-state index in [2.05, 4.69) is 14.9 Å². The molecule has 0 unspecified atom stereocenters. The van der Waals surface area contributed by atoms with Gasteiger partial charge in [-0.2, -0.15) is 13.2 Å². The summed E-state index contributed by atoms with van der Waals surface area (Å²) in [6, 6.07) is 4.30. The molecule has 0 spiro atoms. The molecule has 35 heavy (non-hydrogen) atoms. The number of hydrogen-bond acceptors (Lipinski definition) is 9. The van der Waals surface area contributed by atoms with Gasteiger partial charge >= 0.3 is 18.1 Å². The van der Waals surface area contributed by atoms with E-state index in [0.717, 1.165) is 0 Å². The highest BCUT2D eigenvalue weighted by atomic mass is 35.5. The van der Waals surface area contributed by atoms with Crippen molar-refractivity contribution in [2.45, 2.75) is 31.5 Å². The number of hydrogen-bond donors (Lipinski definition) is 3. The summed E-state index contributed by atoms with van der Waals surface area (Å²) in [7, 11) is -4.07. The third-order valence-electron chi connectivity index (χ3n) is 3.77. The molecule has 0 saturated carbocycles. The third-order valence-corrected chi connectivity index (χ3v) is 5.50. The highest BCUT2D eigenvalue weighted by Gasteiger charge is 2.43. The Labute approximate surface area is 203 Å². The molecule has 5 N–H and O–H groups in total. The highest BCUT2D eigenvalue weighted by Crippen LogP contribution is 2.18. The van der Waals surface area contributed by atoms with Crippen LogP contribution in [-0.2, 0) is 40.6 Å². The predicted molar refractivity (Wildman–Crippen MR) is 116 cm³/mol. The first-order valence-corrected chi connectivity index (χ1v) is 12.0. The lowest BCUT2D eigenvalue weighted by molar-refractivity contribution is -0.286. The van der Waals surface area contributed by atoms with Crippen molar-refractivity contribution >= 4 is 39.5 Å². The number of nitrogens with two attached hydrogens (primary N) is 2. The standard InChI is InChI=1S/C18H24ClF3N4O8S/c19-7-1-10-35(29,30)26-14(15(27)33-34-16(28)18(20,21)22)11-12-3-5-13(6-4-12)31-8-2-9-32-25-17(23)24/h3-6,14,26H,1-2,7-11H2,(H4,23,24,25)/t14-/m0/s1. The molecule has 1 rings (SSSR count). The van der Waals surface area contributed by atoms with Gasteiger partial charge in [-0.05, 0) is 35.7 Å². The minimum absolute atomic E-state index is 0.0150. The Hall–Kier alpha value is -2.98. The van der Waals surface area contributed by atoms with Gasteiger partial charge in [0.1, 0.15) is 18.4 Å². The van der Waals surface area contributed by atoms with Crippen molar-refractivity contribution in [3.05, 3.63) is 29.8 Å². The molecule has 0 saturated heterocycles. The van der Waals surface area contributed by atoms with Gasteiger partial charge in [0.05, 0.1) is 12.4 Å². The number of nitrogens with one attached hydrogen (secondary N) is 1. The van der Waals surface area contributed by atoms with Gasteiger partial charge in [-0.25, -0.2) is 32.5 Å². The Bertz CT molecular complexity index is 957. The van der Waals surface area contributed by atoms with Gasteiger partial charge in [-0.3, -0.25) is 0 Å². The van der Waals surface area contributed by atoms with E-state index >= 15 is 0 Å². The molecular formula is C18H24ClF3N4O8S. The van der Waals surface area contributed by atoms with E-state index in [0.29, 0.717) is 17.7 Å². The number of carbonyl (C=O) groups is 2. The van der Waals surface area contributed by atoms with Gasteiger partial charge in [0.2, 0.25) is 16.0 Å². The third kappa shape index (κ3) is 12.9. The monoisotopic (exact) mass is 548 g/mol. The maximum Gasteiger partial charge on any atom is 0.495 e. The minimum atomic E-state index is -5.41. The van der Waals surface area contributed by atoms with Crippen LogP contribution < -0.4 is 20.9 Å². The van der Waals surface area contributed by atoms with E-state index in [1.54, 1.807) is 0 Å². The molecule has 0 radical (unpaired) electrons. The smallest absolute Gasteiger partial charge is 0.493 e. The lowest BCUT2D eigenvalue weighted by Crippen LogP contribution is -2.44. The molecule has 0 heterocycles. The summed E-state index contributed by atoms with van der Waals surface area (Å²) in [5.41, 5.74) is 10.6. The van der Waals surface area contributed by atoms with Crippen molar-refractivity contribution in [1.82, 2.24) is 4.72 Å². The summed E-state index contributed by atoms with van der Waals surface area (Å²) in [6.07, 6.45) is -5.25. The largest absolute Gasteiger partial charge is 0.495 e. The lowest BCUT2D eigenvalue weighted by Gasteiger charge is -2.17. The quantitative estimate of drug-likeness (QED) is 0.0746. The van der Waals surface area contributed by atoms with E-state index in [4.69, 9.17) is 32.6 Å². The van der Waals surface area contributed by atoms with Gasteiger partial charge < -0.3 is 21.0 Å². The molecule has 0 aromatic heterocycles. The number of carbonyl (C=O) groups excluding carboxylic acids is 2. The number of guanidine groups is 1. The molecular weight excluding hydrogens is 525 g/mol. The summed E-state index contributed by atoms with van der Waals surface area (Å²) in [4.78, 5) is 35.1. The molecule has 1 aromatic rings. The van der Waals surface area contributed by atoms with E-state index in [9.17, 15) is 31.2 Å². The minimum Gasteiger partial charge on any atom is -0.493 e. The van der Waals surface area contributed by atoms with Crippen molar-refractivity contribution in [2.75, 3.05) is 24.8 Å². The zero-order valence-electron chi connectivity index (χ0n) is 18.1. The molecule has 1 aromatic carbocycles. The Kier molecular flexibility index (Phi) is 12.4. The van der Waals surface area contributed by atoms with Crippen LogP contribution in [0.3, 0.4) is 0 Å². The average molecular weight is 549 g/mol. The Balaban J connectivity index is 2.78. The molecule has 17 heteroatoms. The lowest BCUT2D eigenvalue weighted by atomic mass is 10.1. The molecule has 0 bridgehead atoms. The normalized spacial score (nSPS) is 12.3. The first-order valence-electron chi connectivity index (χ1n) is 9.82. The van der Waals surface area contributed by atoms with E-state index in [1.807, 2.05) is 4.72 Å². The Morgan fingerprint density at radius 2 is 1.74 bits per heavy atom. The van der Waals surface area contributed by atoms with Crippen LogP contribution in [0.2, 0.25) is 0 Å². The van der Waals surface area contributed by atoms with Crippen molar-refractivity contribution in [2.24, 2.45) is 16.6 Å². The van der Waals surface area contributed by atoms with Crippen LogP contribution >= 0.6 is 11.6 Å². The van der Waals surface area contributed by atoms with Gasteiger partial charge in [0.25, 0.3) is 0 Å². The highest BCUT2D eigenvalue weighted by molar-refractivity contribution is 7.89. The fourth-order valence-electron chi connectivity index (χ4n) is 2.27. The molecule has 0 amide bonds. The first-order chi connectivity index (χ1) is 16.3. The first kappa shape index (κ1) is 30.1. The second-order valence-corrected chi connectivity index (χ2v) is 8.95. The van der Waals surface area contributed by atoms with E-state index in [1.165, 1.54) is 24.3 Å². The van der Waals surface area contributed by atoms with Gasteiger partial charge in [-0.1, -0.05) is 12.1 Å².